The molecule has 0 aromatic heterocycles. The van der Waals surface area contributed by atoms with Crippen LogP contribution in [0.4, 0.5) is 5.69 Å². The van der Waals surface area contributed by atoms with E-state index in [0.717, 1.165) is 27.8 Å². The zero-order valence-electron chi connectivity index (χ0n) is 11.3. The third-order valence-electron chi connectivity index (χ3n) is 3.93. The maximum Gasteiger partial charge on any atom is 0.178 e. The summed E-state index contributed by atoms with van der Waals surface area (Å²) in [6, 6.07) is 6.09. The molecular weight excluding hydrogens is 266 g/mol. The molecule has 1 aromatic rings. The van der Waals surface area contributed by atoms with E-state index in [1.807, 2.05) is 12.1 Å². The summed E-state index contributed by atoms with van der Waals surface area (Å²) in [6.45, 7) is 6.05. The normalized spacial score (nSPS) is 23.6. The van der Waals surface area contributed by atoms with E-state index in [1.54, 1.807) is 30.4 Å². The summed E-state index contributed by atoms with van der Waals surface area (Å²) >= 11 is 0. The molecule has 1 N–H and O–H groups in total. The number of carbonyl (C=O) groups excluding carboxylic acids is 1. The van der Waals surface area contributed by atoms with E-state index in [-0.39, 0.29) is 11.5 Å². The molecule has 0 amide bonds. The molecule has 0 saturated carbocycles. The van der Waals surface area contributed by atoms with Gasteiger partial charge in [-0.3, -0.25) is 4.79 Å². The minimum Gasteiger partial charge on any atom is -0.508 e. The number of allylic oxidation sites excluding steroid dienone is 5. The second kappa shape index (κ2) is 4.42. The fourth-order valence-corrected chi connectivity index (χ4v) is 6.55. The van der Waals surface area contributed by atoms with Gasteiger partial charge in [-0.2, -0.15) is 0 Å². The number of ketones is 1. The van der Waals surface area contributed by atoms with Crippen molar-refractivity contribution in [2.24, 2.45) is 4.99 Å². The number of benzene rings is 1. The first-order chi connectivity index (χ1) is 9.54. The number of aliphatic imine (C=N–C) groups is 1. The Bertz CT molecular complexity index is 715. The minimum absolute atomic E-state index is 0.00494. The van der Waals surface area contributed by atoms with Crippen molar-refractivity contribution in [3.8, 4) is 5.75 Å². The summed E-state index contributed by atoms with van der Waals surface area (Å²) in [5, 5.41) is 11.9. The van der Waals surface area contributed by atoms with Crippen LogP contribution in [-0.4, -0.2) is 24.7 Å². The fraction of sp³-hybridized carbons (Fsp3) is 0.125. The summed E-state index contributed by atoms with van der Waals surface area (Å²) in [5.74, 6) is 0.244. The standard InChI is InChI=1S/C16H15NO2Si/c1-3-8-20(2)15-9-11(18)4-6-13(15)17-14-7-5-12(19)10-16(14)20/h3-7,9-10,18H,1,8H2,2H3. The monoisotopic (exact) mass is 281 g/mol. The molecule has 4 heteroatoms. The van der Waals surface area contributed by atoms with E-state index in [4.69, 9.17) is 0 Å². The van der Waals surface area contributed by atoms with Gasteiger partial charge in [0.05, 0.1) is 11.4 Å². The highest BCUT2D eigenvalue weighted by Gasteiger charge is 2.40. The van der Waals surface area contributed by atoms with Crippen molar-refractivity contribution in [3.05, 3.63) is 54.3 Å². The van der Waals surface area contributed by atoms with Gasteiger partial charge in [0.15, 0.2) is 5.78 Å². The number of fused-ring (bicyclic) bond motifs is 2. The summed E-state index contributed by atoms with van der Waals surface area (Å²) in [4.78, 5) is 16.3. The average Bonchev–Trinajstić information content (AvgIpc) is 2.42. The van der Waals surface area contributed by atoms with E-state index in [2.05, 4.69) is 18.1 Å². The average molecular weight is 281 g/mol. The molecule has 1 aliphatic heterocycles. The zero-order valence-corrected chi connectivity index (χ0v) is 12.3. The van der Waals surface area contributed by atoms with E-state index < -0.39 is 8.07 Å². The van der Waals surface area contributed by atoms with E-state index >= 15 is 0 Å². The largest absolute Gasteiger partial charge is 0.508 e. The molecule has 20 heavy (non-hydrogen) atoms. The maximum atomic E-state index is 11.7. The molecule has 0 radical (unpaired) electrons. The van der Waals surface area contributed by atoms with Crippen LogP contribution in [0, 0.1) is 0 Å². The molecule has 3 nitrogen and oxygen atoms in total. The summed E-state index contributed by atoms with van der Waals surface area (Å²) in [5.41, 5.74) is 1.77. The Morgan fingerprint density at radius 3 is 2.95 bits per heavy atom. The van der Waals surface area contributed by atoms with Crippen LogP contribution >= 0.6 is 0 Å². The van der Waals surface area contributed by atoms with Gasteiger partial charge < -0.3 is 5.11 Å². The van der Waals surface area contributed by atoms with Gasteiger partial charge in [0.1, 0.15) is 13.8 Å². The molecule has 1 atom stereocenters. The molecule has 0 spiro atoms. The van der Waals surface area contributed by atoms with Crippen molar-refractivity contribution in [1.82, 2.24) is 0 Å². The highest BCUT2D eigenvalue weighted by molar-refractivity contribution is 7.02. The number of aromatic hydroxyl groups is 1. The van der Waals surface area contributed by atoms with Gasteiger partial charge in [-0.05, 0) is 52.9 Å². The van der Waals surface area contributed by atoms with Gasteiger partial charge in [0, 0.05) is 0 Å². The lowest BCUT2D eigenvalue weighted by atomic mass is 10.1. The molecule has 100 valence electrons. The summed E-state index contributed by atoms with van der Waals surface area (Å²) in [7, 11) is -2.11. The Hall–Kier alpha value is -2.20. The van der Waals surface area contributed by atoms with Gasteiger partial charge >= 0.3 is 0 Å². The van der Waals surface area contributed by atoms with Crippen LogP contribution in [0.15, 0.2) is 59.3 Å². The number of phenols is 1. The predicted molar refractivity (Wildman–Crippen MR) is 83.7 cm³/mol. The maximum absolute atomic E-state index is 11.7. The fourth-order valence-electron chi connectivity index (χ4n) is 2.90. The summed E-state index contributed by atoms with van der Waals surface area (Å²) in [6.07, 6.45) is 6.94. The zero-order chi connectivity index (χ0) is 14.3. The van der Waals surface area contributed by atoms with Crippen molar-refractivity contribution in [1.29, 1.82) is 0 Å². The predicted octanol–water partition coefficient (Wildman–Crippen LogP) is 2.55. The summed E-state index contributed by atoms with van der Waals surface area (Å²) < 4.78 is 0. The van der Waals surface area contributed by atoms with Crippen LogP contribution in [0.25, 0.3) is 0 Å². The third-order valence-corrected chi connectivity index (χ3v) is 8.21. The SMILES string of the molecule is C=CC[Si]1(C)C2=CC(=O)C=CC2=Nc2ccc(O)cc21. The third kappa shape index (κ3) is 1.80. The van der Waals surface area contributed by atoms with E-state index in [9.17, 15) is 9.90 Å². The Labute approximate surface area is 118 Å². The molecule has 0 fully saturated rings. The number of hydrogen-bond donors (Lipinski definition) is 1. The van der Waals surface area contributed by atoms with Crippen LogP contribution < -0.4 is 5.19 Å². The van der Waals surface area contributed by atoms with Crippen LogP contribution in [0.3, 0.4) is 0 Å². The first-order valence-electron chi connectivity index (χ1n) is 6.52. The Kier molecular flexibility index (Phi) is 2.83. The lowest BCUT2D eigenvalue weighted by Crippen LogP contribution is -2.51. The molecule has 1 aliphatic carbocycles. The number of phenolic OH excluding ortho intramolecular Hbond substituents is 1. The number of nitrogens with zero attached hydrogens (tertiary/aromatic N) is 1. The minimum atomic E-state index is -2.11. The molecule has 1 aromatic carbocycles. The van der Waals surface area contributed by atoms with Gasteiger partial charge in [0.25, 0.3) is 0 Å². The van der Waals surface area contributed by atoms with Gasteiger partial charge in [-0.15, -0.1) is 6.58 Å². The Morgan fingerprint density at radius 2 is 2.20 bits per heavy atom. The van der Waals surface area contributed by atoms with Crippen molar-refractivity contribution < 1.29 is 9.90 Å². The smallest absolute Gasteiger partial charge is 0.178 e. The van der Waals surface area contributed by atoms with Crippen LogP contribution in [0.5, 0.6) is 5.75 Å². The van der Waals surface area contributed by atoms with Gasteiger partial charge in [0.2, 0.25) is 0 Å². The quantitative estimate of drug-likeness (QED) is 0.514. The molecule has 3 rings (SSSR count). The highest BCUT2D eigenvalue weighted by atomic mass is 28.3. The van der Waals surface area contributed by atoms with E-state index in [1.165, 1.54) is 0 Å². The number of hydrogen-bond acceptors (Lipinski definition) is 3. The molecule has 1 unspecified atom stereocenters. The Balaban J connectivity index is 2.30. The first kappa shape index (κ1) is 12.8. The lowest BCUT2D eigenvalue weighted by Gasteiger charge is -2.35. The topological polar surface area (TPSA) is 49.7 Å². The molecule has 0 bridgehead atoms. The second-order valence-corrected chi connectivity index (χ2v) is 9.47. The van der Waals surface area contributed by atoms with Crippen LogP contribution in [-0.2, 0) is 4.79 Å². The number of rotatable bonds is 2. The van der Waals surface area contributed by atoms with Crippen molar-refractivity contribution in [2.45, 2.75) is 12.6 Å². The van der Waals surface area contributed by atoms with Crippen molar-refractivity contribution in [3.63, 3.8) is 0 Å². The highest BCUT2D eigenvalue weighted by Crippen LogP contribution is 2.34. The van der Waals surface area contributed by atoms with Gasteiger partial charge in [-0.25, -0.2) is 4.99 Å². The molecule has 2 aliphatic rings. The van der Waals surface area contributed by atoms with Crippen molar-refractivity contribution in [2.75, 3.05) is 0 Å². The van der Waals surface area contributed by atoms with Crippen LogP contribution in [0.1, 0.15) is 0 Å². The van der Waals surface area contributed by atoms with Crippen LogP contribution in [0.2, 0.25) is 12.6 Å². The molecule has 0 saturated heterocycles. The second-order valence-electron chi connectivity index (χ2n) is 5.32. The van der Waals surface area contributed by atoms with Crippen molar-refractivity contribution >= 4 is 30.4 Å². The van der Waals surface area contributed by atoms with E-state index in [0.29, 0.717) is 0 Å². The van der Waals surface area contributed by atoms with Gasteiger partial charge in [-0.1, -0.05) is 12.6 Å². The first-order valence-corrected chi connectivity index (χ1v) is 9.23. The molecular formula is C16H15NO2Si. The number of carbonyl (C=O) groups is 1. The Morgan fingerprint density at radius 1 is 1.40 bits per heavy atom. The lowest BCUT2D eigenvalue weighted by molar-refractivity contribution is -0.110. The molecule has 1 heterocycles.